The van der Waals surface area contributed by atoms with Crippen molar-refractivity contribution in [1.82, 2.24) is 4.90 Å². The van der Waals surface area contributed by atoms with Gasteiger partial charge in [-0.1, -0.05) is 52.3 Å². The van der Waals surface area contributed by atoms with Gasteiger partial charge >= 0.3 is 6.18 Å². The lowest BCUT2D eigenvalue weighted by Crippen LogP contribution is -2.46. The minimum atomic E-state index is -4.58. The zero-order valence-electron chi connectivity index (χ0n) is 19.5. The normalized spacial score (nSPS) is 23.8. The first-order valence-corrected chi connectivity index (χ1v) is 12.6. The number of hydrogen-bond donors (Lipinski definition) is 1. The number of carbonyl (C=O) groups is 3. The summed E-state index contributed by atoms with van der Waals surface area (Å²) in [7, 11) is 0. The molecule has 2 fully saturated rings. The first-order chi connectivity index (χ1) is 18.1. The van der Waals surface area contributed by atoms with Crippen LogP contribution in [0.15, 0.2) is 83.5 Å². The zero-order valence-corrected chi connectivity index (χ0v) is 21.1. The number of benzene rings is 3. The van der Waals surface area contributed by atoms with Crippen LogP contribution in [-0.4, -0.2) is 28.7 Å². The third-order valence-electron chi connectivity index (χ3n) is 7.25. The van der Waals surface area contributed by atoms with Gasteiger partial charge in [-0.15, -0.1) is 0 Å². The van der Waals surface area contributed by atoms with Crippen LogP contribution in [0.5, 0.6) is 0 Å². The number of alkyl halides is 3. The Hall–Kier alpha value is -3.92. The molecule has 3 amide bonds. The zero-order chi connectivity index (χ0) is 26.8. The van der Waals surface area contributed by atoms with Crippen LogP contribution in [0.4, 0.5) is 24.5 Å². The Bertz CT molecular complexity index is 1520. The Balaban J connectivity index is 1.42. The summed E-state index contributed by atoms with van der Waals surface area (Å²) in [6, 6.07) is 16.8. The maximum Gasteiger partial charge on any atom is 0.416 e. The number of amides is 3. The van der Waals surface area contributed by atoms with E-state index < -0.39 is 53.4 Å². The molecule has 0 unspecified atom stereocenters. The standard InChI is InChI=1S/C28H19BrF3N3O3/c29-17-7-4-9-19(14-17)35-26(37)21-22(27(35)38)24(34-12-11-15-5-1-2-10-20(15)23(21)34)25(36)33-18-8-3-6-16(13-18)28(30,31)32/h1-14,21-24H,(H,33,36)/t21-,22-,23+,24+/m1/s1. The molecule has 10 heteroatoms. The van der Waals surface area contributed by atoms with E-state index in [-0.39, 0.29) is 5.69 Å². The molecule has 38 heavy (non-hydrogen) atoms. The molecule has 1 N–H and O–H groups in total. The fourth-order valence-corrected chi connectivity index (χ4v) is 6.10. The quantitative estimate of drug-likeness (QED) is 0.407. The van der Waals surface area contributed by atoms with Crippen LogP contribution < -0.4 is 10.2 Å². The van der Waals surface area contributed by atoms with Gasteiger partial charge in [-0.05, 0) is 53.6 Å². The second kappa shape index (κ2) is 8.83. The van der Waals surface area contributed by atoms with Crippen molar-refractivity contribution in [2.24, 2.45) is 11.8 Å². The summed E-state index contributed by atoms with van der Waals surface area (Å²) in [5.74, 6) is -3.50. The summed E-state index contributed by atoms with van der Waals surface area (Å²) in [6.45, 7) is 0. The van der Waals surface area contributed by atoms with Crippen LogP contribution in [-0.2, 0) is 20.6 Å². The Morgan fingerprint density at radius 3 is 2.39 bits per heavy atom. The van der Waals surface area contributed by atoms with E-state index in [1.807, 2.05) is 24.3 Å². The fourth-order valence-electron chi connectivity index (χ4n) is 5.72. The summed E-state index contributed by atoms with van der Waals surface area (Å²) < 4.78 is 40.4. The molecular weight excluding hydrogens is 563 g/mol. The highest BCUT2D eigenvalue weighted by Gasteiger charge is 2.64. The smallest absolute Gasteiger partial charge is 0.357 e. The van der Waals surface area contributed by atoms with E-state index in [9.17, 15) is 27.6 Å². The number of imide groups is 1. The number of nitrogens with zero attached hydrogens (tertiary/aromatic N) is 2. The van der Waals surface area contributed by atoms with Gasteiger partial charge in [-0.25, -0.2) is 4.90 Å². The molecule has 6 rings (SSSR count). The molecule has 3 aromatic carbocycles. The minimum absolute atomic E-state index is 0.0492. The lowest BCUT2D eigenvalue weighted by atomic mass is 9.84. The Labute approximate surface area is 223 Å². The first kappa shape index (κ1) is 24.4. The SMILES string of the molecule is O=C(Nc1cccc(C(F)(F)F)c1)[C@@H]1[C@@H]2C(=O)N(c3cccc(Br)c3)C(=O)[C@H]2[C@@H]2c3ccccc3C=CN12. The monoisotopic (exact) mass is 581 g/mol. The maximum absolute atomic E-state index is 13.8. The summed E-state index contributed by atoms with van der Waals surface area (Å²) in [5, 5.41) is 2.56. The van der Waals surface area contributed by atoms with Crippen molar-refractivity contribution in [1.29, 1.82) is 0 Å². The molecule has 6 nitrogen and oxygen atoms in total. The molecule has 3 aliphatic rings. The summed E-state index contributed by atoms with van der Waals surface area (Å²) in [5.41, 5.74) is 1.10. The molecule has 2 saturated heterocycles. The second-order valence-corrected chi connectivity index (χ2v) is 10.3. The van der Waals surface area contributed by atoms with E-state index >= 15 is 0 Å². The van der Waals surface area contributed by atoms with Crippen LogP contribution in [0.1, 0.15) is 22.7 Å². The molecular formula is C28H19BrF3N3O3. The van der Waals surface area contributed by atoms with Crippen LogP contribution in [0.3, 0.4) is 0 Å². The molecule has 0 radical (unpaired) electrons. The van der Waals surface area contributed by atoms with Crippen LogP contribution in [0.25, 0.3) is 6.08 Å². The molecule has 0 aromatic heterocycles. The molecule has 3 heterocycles. The minimum Gasteiger partial charge on any atom is -0.357 e. The average molecular weight is 582 g/mol. The number of carbonyl (C=O) groups excluding carboxylic acids is 3. The van der Waals surface area contributed by atoms with Crippen molar-refractivity contribution in [2.45, 2.75) is 18.3 Å². The molecule has 4 atom stereocenters. The highest BCUT2D eigenvalue weighted by Crippen LogP contribution is 2.53. The highest BCUT2D eigenvalue weighted by atomic mass is 79.9. The van der Waals surface area contributed by atoms with Gasteiger partial charge in [0, 0.05) is 16.4 Å². The number of fused-ring (bicyclic) bond motifs is 5. The Morgan fingerprint density at radius 2 is 1.63 bits per heavy atom. The summed E-state index contributed by atoms with van der Waals surface area (Å²) >= 11 is 3.37. The van der Waals surface area contributed by atoms with Crippen LogP contribution in [0, 0.1) is 11.8 Å². The van der Waals surface area contributed by atoms with Gasteiger partial charge in [0.15, 0.2) is 0 Å². The van der Waals surface area contributed by atoms with Gasteiger partial charge in [0.25, 0.3) is 0 Å². The van der Waals surface area contributed by atoms with E-state index in [0.717, 1.165) is 28.2 Å². The van der Waals surface area contributed by atoms with Gasteiger partial charge in [-0.2, -0.15) is 13.2 Å². The third-order valence-corrected chi connectivity index (χ3v) is 7.75. The molecule has 0 spiro atoms. The van der Waals surface area contributed by atoms with Gasteiger partial charge in [0.1, 0.15) is 6.04 Å². The maximum atomic E-state index is 13.8. The number of nitrogens with one attached hydrogen (secondary N) is 1. The highest BCUT2D eigenvalue weighted by molar-refractivity contribution is 9.10. The Kier molecular flexibility index (Phi) is 5.68. The predicted molar refractivity (Wildman–Crippen MR) is 138 cm³/mol. The Morgan fingerprint density at radius 1 is 0.895 bits per heavy atom. The number of halogens is 4. The molecule has 0 aliphatic carbocycles. The van der Waals surface area contributed by atoms with E-state index in [0.29, 0.717) is 10.2 Å². The van der Waals surface area contributed by atoms with Gasteiger partial charge < -0.3 is 10.2 Å². The van der Waals surface area contributed by atoms with Crippen molar-refractivity contribution >= 4 is 51.1 Å². The van der Waals surface area contributed by atoms with Gasteiger partial charge in [0.2, 0.25) is 17.7 Å². The lowest BCUT2D eigenvalue weighted by Gasteiger charge is -2.35. The van der Waals surface area contributed by atoms with Gasteiger partial charge in [-0.3, -0.25) is 14.4 Å². The van der Waals surface area contributed by atoms with E-state index in [1.54, 1.807) is 41.4 Å². The second-order valence-electron chi connectivity index (χ2n) is 9.39. The average Bonchev–Trinajstić information content (AvgIpc) is 3.36. The third kappa shape index (κ3) is 3.82. The fraction of sp³-hybridized carbons (Fsp3) is 0.179. The molecule has 0 saturated carbocycles. The van der Waals surface area contributed by atoms with Crippen LogP contribution in [0.2, 0.25) is 0 Å². The van der Waals surface area contributed by atoms with E-state index in [1.165, 1.54) is 12.1 Å². The van der Waals surface area contributed by atoms with E-state index in [4.69, 9.17) is 0 Å². The largest absolute Gasteiger partial charge is 0.416 e. The molecule has 3 aromatic rings. The van der Waals surface area contributed by atoms with Crippen molar-refractivity contribution in [2.75, 3.05) is 10.2 Å². The van der Waals surface area contributed by atoms with Crippen molar-refractivity contribution in [3.05, 3.63) is 100 Å². The van der Waals surface area contributed by atoms with Crippen molar-refractivity contribution in [3.8, 4) is 0 Å². The lowest BCUT2D eigenvalue weighted by molar-refractivity contribution is -0.137. The molecule has 192 valence electrons. The van der Waals surface area contributed by atoms with Crippen LogP contribution >= 0.6 is 15.9 Å². The predicted octanol–water partition coefficient (Wildman–Crippen LogP) is 5.62. The number of hydrogen-bond acceptors (Lipinski definition) is 4. The topological polar surface area (TPSA) is 69.7 Å². The first-order valence-electron chi connectivity index (χ1n) is 11.8. The van der Waals surface area contributed by atoms with Crippen molar-refractivity contribution in [3.63, 3.8) is 0 Å². The van der Waals surface area contributed by atoms with E-state index in [2.05, 4.69) is 21.2 Å². The number of anilines is 2. The van der Waals surface area contributed by atoms with Crippen molar-refractivity contribution < 1.29 is 27.6 Å². The molecule has 0 bridgehead atoms. The summed E-state index contributed by atoms with van der Waals surface area (Å²) in [6.07, 6.45) is -1.09. The molecule has 3 aliphatic heterocycles. The summed E-state index contributed by atoms with van der Waals surface area (Å²) in [4.78, 5) is 44.1. The van der Waals surface area contributed by atoms with Gasteiger partial charge in [0.05, 0.1) is 29.1 Å². The number of rotatable bonds is 3.